The molecule has 2 rings (SSSR count). The molecule has 0 bridgehead atoms. The molecule has 0 unspecified atom stereocenters. The van der Waals surface area contributed by atoms with Crippen LogP contribution < -0.4 is 0 Å². The van der Waals surface area contributed by atoms with Crippen molar-refractivity contribution in [3.05, 3.63) is 39.3 Å². The summed E-state index contributed by atoms with van der Waals surface area (Å²) >= 11 is 13.0. The second-order valence-corrected chi connectivity index (χ2v) is 7.12. The van der Waals surface area contributed by atoms with Gasteiger partial charge in [0.25, 0.3) is 0 Å². The molecule has 0 radical (unpaired) electrons. The van der Waals surface area contributed by atoms with Crippen LogP contribution in [-0.2, 0) is 28.5 Å². The molecule has 11 heteroatoms. The topological polar surface area (TPSA) is 44.1 Å². The highest BCUT2D eigenvalue weighted by Gasteiger charge is 2.39. The van der Waals surface area contributed by atoms with Crippen LogP contribution in [0.2, 0.25) is 10.0 Å². The van der Waals surface area contributed by atoms with Gasteiger partial charge >= 0.3 is 12.1 Å². The van der Waals surface area contributed by atoms with E-state index in [0.29, 0.717) is 10.2 Å². The SMILES string of the molecule is CCOC(=O)CSCc1cc(-c2nn(C)c(C(F)(F)F)c2Cl)c(F)cc1Cl. The van der Waals surface area contributed by atoms with Gasteiger partial charge in [0.15, 0.2) is 5.69 Å². The van der Waals surface area contributed by atoms with Crippen molar-refractivity contribution >= 4 is 40.9 Å². The van der Waals surface area contributed by atoms with E-state index in [9.17, 15) is 22.4 Å². The maximum absolute atomic E-state index is 14.3. The second-order valence-electron chi connectivity index (χ2n) is 5.35. The van der Waals surface area contributed by atoms with Crippen LogP contribution >= 0.6 is 35.0 Å². The highest BCUT2D eigenvalue weighted by molar-refractivity contribution is 7.99. The number of thioether (sulfide) groups is 1. The van der Waals surface area contributed by atoms with Crippen molar-refractivity contribution < 1.29 is 27.1 Å². The Labute approximate surface area is 166 Å². The molecule has 0 amide bonds. The number of rotatable bonds is 6. The van der Waals surface area contributed by atoms with E-state index in [1.54, 1.807) is 6.92 Å². The first-order valence-electron chi connectivity index (χ1n) is 7.57. The van der Waals surface area contributed by atoms with Gasteiger partial charge in [-0.3, -0.25) is 9.48 Å². The van der Waals surface area contributed by atoms with Crippen LogP contribution in [0.15, 0.2) is 12.1 Å². The van der Waals surface area contributed by atoms with E-state index >= 15 is 0 Å². The van der Waals surface area contributed by atoms with Gasteiger partial charge < -0.3 is 4.74 Å². The van der Waals surface area contributed by atoms with Crippen molar-refractivity contribution in [3.63, 3.8) is 0 Å². The first-order chi connectivity index (χ1) is 12.6. The quantitative estimate of drug-likeness (QED) is 0.445. The van der Waals surface area contributed by atoms with Crippen molar-refractivity contribution in [2.24, 2.45) is 7.05 Å². The van der Waals surface area contributed by atoms with Gasteiger partial charge in [0.2, 0.25) is 0 Å². The number of esters is 1. The van der Waals surface area contributed by atoms with E-state index in [1.165, 1.54) is 17.8 Å². The molecule has 0 saturated heterocycles. The number of alkyl halides is 3. The van der Waals surface area contributed by atoms with Gasteiger partial charge in [0.05, 0.1) is 17.4 Å². The van der Waals surface area contributed by atoms with E-state index in [1.807, 2.05) is 0 Å². The van der Waals surface area contributed by atoms with Crippen LogP contribution in [0, 0.1) is 5.82 Å². The molecule has 2 aromatic rings. The van der Waals surface area contributed by atoms with Gasteiger partial charge in [-0.1, -0.05) is 23.2 Å². The van der Waals surface area contributed by atoms with Crippen molar-refractivity contribution in [1.82, 2.24) is 9.78 Å². The van der Waals surface area contributed by atoms with Gasteiger partial charge in [-0.25, -0.2) is 4.39 Å². The Kier molecular flexibility index (Phi) is 7.04. The van der Waals surface area contributed by atoms with Crippen LogP contribution in [0.1, 0.15) is 18.2 Å². The highest BCUT2D eigenvalue weighted by atomic mass is 35.5. The van der Waals surface area contributed by atoms with Gasteiger partial charge in [-0.15, -0.1) is 11.8 Å². The predicted octanol–water partition coefficient (Wildman–Crippen LogP) is 5.35. The van der Waals surface area contributed by atoms with E-state index < -0.39 is 28.7 Å². The Hall–Kier alpha value is -1.45. The second kappa shape index (κ2) is 8.70. The number of benzene rings is 1. The van der Waals surface area contributed by atoms with Gasteiger partial charge in [-0.05, 0) is 24.6 Å². The lowest BCUT2D eigenvalue weighted by molar-refractivity contribution is -0.143. The zero-order chi connectivity index (χ0) is 20.4. The Bertz CT molecular complexity index is 856. The number of carbonyl (C=O) groups is 1. The largest absolute Gasteiger partial charge is 0.465 e. The Balaban J connectivity index is 2.35. The molecule has 0 atom stereocenters. The van der Waals surface area contributed by atoms with Crippen LogP contribution in [0.25, 0.3) is 11.3 Å². The maximum atomic E-state index is 14.3. The number of halogens is 6. The highest BCUT2D eigenvalue weighted by Crippen LogP contribution is 2.41. The minimum Gasteiger partial charge on any atom is -0.465 e. The van der Waals surface area contributed by atoms with Crippen LogP contribution in [0.4, 0.5) is 17.6 Å². The number of aryl methyl sites for hydroxylation is 1. The molecule has 1 aromatic heterocycles. The molecular formula is C16H14Cl2F4N2O2S. The monoisotopic (exact) mass is 444 g/mol. The first-order valence-corrected chi connectivity index (χ1v) is 9.48. The minimum atomic E-state index is -4.74. The molecule has 0 aliphatic heterocycles. The third-order valence-corrected chi connectivity index (χ3v) is 5.10. The number of ether oxygens (including phenoxy) is 1. The summed E-state index contributed by atoms with van der Waals surface area (Å²) in [5.74, 6) is -0.988. The lowest BCUT2D eigenvalue weighted by Gasteiger charge is -2.09. The lowest BCUT2D eigenvalue weighted by atomic mass is 10.1. The van der Waals surface area contributed by atoms with Crippen LogP contribution in [0.3, 0.4) is 0 Å². The molecule has 0 aliphatic rings. The fourth-order valence-corrected chi connectivity index (χ4v) is 3.79. The summed E-state index contributed by atoms with van der Waals surface area (Å²) in [5.41, 5.74) is -1.29. The average Bonchev–Trinajstić information content (AvgIpc) is 2.84. The number of carbonyl (C=O) groups excluding carboxylic acids is 1. The van der Waals surface area contributed by atoms with Crippen molar-refractivity contribution in [2.75, 3.05) is 12.4 Å². The van der Waals surface area contributed by atoms with E-state index in [0.717, 1.165) is 13.1 Å². The number of hydrogen-bond acceptors (Lipinski definition) is 4. The zero-order valence-corrected chi connectivity index (χ0v) is 16.5. The predicted molar refractivity (Wildman–Crippen MR) is 96.4 cm³/mol. The Morgan fingerprint density at radius 2 is 2.00 bits per heavy atom. The van der Waals surface area contributed by atoms with Crippen LogP contribution in [-0.4, -0.2) is 28.1 Å². The molecule has 0 spiro atoms. The molecule has 148 valence electrons. The number of hydrogen-bond donors (Lipinski definition) is 0. The Morgan fingerprint density at radius 1 is 1.33 bits per heavy atom. The van der Waals surface area contributed by atoms with Gasteiger partial charge in [0.1, 0.15) is 11.5 Å². The third-order valence-electron chi connectivity index (χ3n) is 3.43. The molecule has 4 nitrogen and oxygen atoms in total. The van der Waals surface area contributed by atoms with Crippen molar-refractivity contribution in [3.8, 4) is 11.3 Å². The number of aromatic nitrogens is 2. The number of nitrogens with zero attached hydrogens (tertiary/aromatic N) is 2. The molecule has 1 aromatic carbocycles. The molecule has 0 N–H and O–H groups in total. The fourth-order valence-electron chi connectivity index (χ4n) is 2.31. The molecule has 0 fully saturated rings. The summed E-state index contributed by atoms with van der Waals surface area (Å²) in [6, 6.07) is 2.26. The standard InChI is InChI=1S/C16H14Cl2F4N2O2S/c1-3-26-12(25)7-27-6-8-4-9(11(19)5-10(8)17)14-13(18)15(16(20,21)22)24(2)23-14/h4-5H,3,6-7H2,1-2H3. The smallest absolute Gasteiger partial charge is 0.434 e. The lowest BCUT2D eigenvalue weighted by Crippen LogP contribution is -2.12. The normalized spacial score (nSPS) is 11.7. The zero-order valence-electron chi connectivity index (χ0n) is 14.2. The fraction of sp³-hybridized carbons (Fsp3) is 0.375. The Morgan fingerprint density at radius 3 is 2.56 bits per heavy atom. The molecule has 0 saturated carbocycles. The molecular weight excluding hydrogens is 431 g/mol. The summed E-state index contributed by atoms with van der Waals surface area (Å²) in [6.45, 7) is 1.93. The van der Waals surface area contributed by atoms with Gasteiger partial charge in [-0.2, -0.15) is 18.3 Å². The van der Waals surface area contributed by atoms with E-state index in [2.05, 4.69) is 5.10 Å². The van der Waals surface area contributed by atoms with Gasteiger partial charge in [0, 0.05) is 23.4 Å². The average molecular weight is 445 g/mol. The van der Waals surface area contributed by atoms with E-state index in [4.69, 9.17) is 27.9 Å². The molecule has 0 aliphatic carbocycles. The summed E-state index contributed by atoms with van der Waals surface area (Å²) in [7, 11) is 1.07. The molecule has 27 heavy (non-hydrogen) atoms. The third kappa shape index (κ3) is 5.08. The summed E-state index contributed by atoms with van der Waals surface area (Å²) in [5, 5.41) is 3.09. The van der Waals surface area contributed by atoms with Crippen molar-refractivity contribution in [1.29, 1.82) is 0 Å². The maximum Gasteiger partial charge on any atom is 0.434 e. The minimum absolute atomic E-state index is 0.0550. The summed E-state index contributed by atoms with van der Waals surface area (Å²) in [6.07, 6.45) is -4.74. The summed E-state index contributed by atoms with van der Waals surface area (Å²) in [4.78, 5) is 11.4. The summed E-state index contributed by atoms with van der Waals surface area (Å²) < 4.78 is 58.9. The van der Waals surface area contributed by atoms with Crippen molar-refractivity contribution in [2.45, 2.75) is 18.9 Å². The molecule has 1 heterocycles. The first kappa shape index (κ1) is 21.8. The van der Waals surface area contributed by atoms with Crippen LogP contribution in [0.5, 0.6) is 0 Å². The van der Waals surface area contributed by atoms with E-state index in [-0.39, 0.29) is 34.4 Å².